The summed E-state index contributed by atoms with van der Waals surface area (Å²) >= 11 is 0. The van der Waals surface area contributed by atoms with Crippen LogP contribution in [0.1, 0.15) is 42.6 Å². The van der Waals surface area contributed by atoms with Crippen molar-refractivity contribution >= 4 is 11.6 Å². The summed E-state index contributed by atoms with van der Waals surface area (Å²) < 4.78 is 10.7. The maximum Gasteiger partial charge on any atom is 0.252 e. The van der Waals surface area contributed by atoms with Gasteiger partial charge in [-0.2, -0.15) is 0 Å². The molecule has 8 heteroatoms. The van der Waals surface area contributed by atoms with Crippen molar-refractivity contribution in [3.63, 3.8) is 0 Å². The first-order chi connectivity index (χ1) is 16.4. The molecule has 1 amide bonds. The van der Waals surface area contributed by atoms with Gasteiger partial charge in [0.2, 0.25) is 0 Å². The smallest absolute Gasteiger partial charge is 0.252 e. The third-order valence-corrected chi connectivity index (χ3v) is 6.53. The molecule has 0 spiro atoms. The number of methoxy groups -OCH3 is 2. The van der Waals surface area contributed by atoms with Gasteiger partial charge in [0.1, 0.15) is 11.5 Å². The SMILES string of the molecule is COc1cc(CCC2CC(NC(=O)c3ccc(N4CC(C)NC(C)C4)cc3)NN2)cc(OC)c1. The quantitative estimate of drug-likeness (QED) is 0.474. The van der Waals surface area contributed by atoms with Crippen LogP contribution in [-0.4, -0.2) is 57.5 Å². The predicted molar refractivity (Wildman–Crippen MR) is 135 cm³/mol. The van der Waals surface area contributed by atoms with Crippen LogP contribution in [0.2, 0.25) is 0 Å². The van der Waals surface area contributed by atoms with Gasteiger partial charge >= 0.3 is 0 Å². The number of amides is 1. The van der Waals surface area contributed by atoms with Gasteiger partial charge in [0.25, 0.3) is 5.91 Å². The molecule has 4 atom stereocenters. The Labute approximate surface area is 202 Å². The van der Waals surface area contributed by atoms with E-state index in [0.717, 1.165) is 49.5 Å². The second kappa shape index (κ2) is 11.1. The molecule has 8 nitrogen and oxygen atoms in total. The fourth-order valence-corrected chi connectivity index (χ4v) is 4.86. The standard InChI is InChI=1S/C26H37N5O3/c1-17-15-31(16-18(2)27-17)22-9-6-20(7-10-22)26(32)28-25-13-21(29-30-25)8-5-19-11-23(33-3)14-24(12-19)34-4/h6-7,9-12,14,17-18,21,25,27,29-30H,5,8,13,15-16H2,1-4H3,(H,28,32). The highest BCUT2D eigenvalue weighted by atomic mass is 16.5. The number of carbonyl (C=O) groups excluding carboxylic acids is 1. The van der Waals surface area contributed by atoms with Crippen LogP contribution in [0, 0.1) is 0 Å². The molecule has 2 aliphatic heterocycles. The summed E-state index contributed by atoms with van der Waals surface area (Å²) in [5.41, 5.74) is 9.53. The molecule has 2 aromatic rings. The molecule has 2 fully saturated rings. The van der Waals surface area contributed by atoms with E-state index in [-0.39, 0.29) is 18.1 Å². The van der Waals surface area contributed by atoms with Crippen LogP contribution in [0.3, 0.4) is 0 Å². The van der Waals surface area contributed by atoms with E-state index in [2.05, 4.69) is 40.2 Å². The number of hydrogen-bond donors (Lipinski definition) is 4. The third kappa shape index (κ3) is 6.20. The monoisotopic (exact) mass is 467 g/mol. The van der Waals surface area contributed by atoms with E-state index >= 15 is 0 Å². The van der Waals surface area contributed by atoms with E-state index in [1.54, 1.807) is 14.2 Å². The molecule has 0 radical (unpaired) electrons. The van der Waals surface area contributed by atoms with Crippen LogP contribution in [0.4, 0.5) is 5.69 Å². The van der Waals surface area contributed by atoms with E-state index in [9.17, 15) is 4.79 Å². The van der Waals surface area contributed by atoms with Gasteiger partial charge in [-0.1, -0.05) is 0 Å². The Hall–Kier alpha value is -2.81. The first-order valence-electron chi connectivity index (χ1n) is 12.1. The fraction of sp³-hybridized carbons (Fsp3) is 0.500. The molecule has 4 unspecified atom stereocenters. The van der Waals surface area contributed by atoms with Crippen molar-refractivity contribution in [3.8, 4) is 11.5 Å². The Kier molecular flexibility index (Phi) is 7.92. The van der Waals surface area contributed by atoms with Crippen molar-refractivity contribution in [2.45, 2.75) is 57.4 Å². The Morgan fingerprint density at radius 1 is 1.00 bits per heavy atom. The first kappa shape index (κ1) is 24.3. The molecule has 34 heavy (non-hydrogen) atoms. The Balaban J connectivity index is 1.26. The van der Waals surface area contributed by atoms with Crippen molar-refractivity contribution in [1.82, 2.24) is 21.5 Å². The average Bonchev–Trinajstić information content (AvgIpc) is 3.29. The van der Waals surface area contributed by atoms with E-state index in [4.69, 9.17) is 9.47 Å². The number of ether oxygens (including phenoxy) is 2. The molecule has 4 rings (SSSR count). The number of piperazine rings is 1. The first-order valence-corrected chi connectivity index (χ1v) is 12.1. The number of aryl methyl sites for hydroxylation is 1. The summed E-state index contributed by atoms with van der Waals surface area (Å²) in [5.74, 6) is 1.53. The summed E-state index contributed by atoms with van der Waals surface area (Å²) in [7, 11) is 3.32. The van der Waals surface area contributed by atoms with Gasteiger partial charge in [-0.05, 0) is 75.1 Å². The molecule has 4 N–H and O–H groups in total. The lowest BCUT2D eigenvalue weighted by molar-refractivity contribution is 0.0932. The van der Waals surface area contributed by atoms with Gasteiger partial charge in [-0.15, -0.1) is 0 Å². The van der Waals surface area contributed by atoms with E-state index in [0.29, 0.717) is 17.6 Å². The normalized spacial score (nSPS) is 24.6. The largest absolute Gasteiger partial charge is 0.497 e. The van der Waals surface area contributed by atoms with E-state index in [1.807, 2.05) is 42.5 Å². The number of rotatable bonds is 8. The highest BCUT2D eigenvalue weighted by Crippen LogP contribution is 2.24. The maximum atomic E-state index is 12.8. The van der Waals surface area contributed by atoms with E-state index in [1.165, 1.54) is 5.56 Å². The second-order valence-electron chi connectivity index (χ2n) is 9.43. The zero-order valence-electron chi connectivity index (χ0n) is 20.6. The number of hydrogen-bond acceptors (Lipinski definition) is 7. The number of nitrogens with zero attached hydrogens (tertiary/aromatic N) is 1. The average molecular weight is 468 g/mol. The van der Waals surface area contributed by atoms with Gasteiger partial charge < -0.3 is 25.0 Å². The molecule has 2 heterocycles. The molecule has 2 aromatic carbocycles. The summed E-state index contributed by atoms with van der Waals surface area (Å²) in [5, 5.41) is 6.65. The van der Waals surface area contributed by atoms with Crippen LogP contribution in [-0.2, 0) is 6.42 Å². The number of anilines is 1. The zero-order valence-corrected chi connectivity index (χ0v) is 20.6. The maximum absolute atomic E-state index is 12.8. The van der Waals surface area contributed by atoms with Crippen LogP contribution in [0.15, 0.2) is 42.5 Å². The minimum Gasteiger partial charge on any atom is -0.497 e. The summed E-state index contributed by atoms with van der Waals surface area (Å²) in [6, 6.07) is 15.0. The van der Waals surface area contributed by atoms with Crippen molar-refractivity contribution in [2.75, 3.05) is 32.2 Å². The molecular weight excluding hydrogens is 430 g/mol. The number of benzene rings is 2. The Morgan fingerprint density at radius 2 is 1.65 bits per heavy atom. The van der Waals surface area contributed by atoms with Gasteiger partial charge in [0.15, 0.2) is 0 Å². The number of carbonyl (C=O) groups is 1. The topological polar surface area (TPSA) is 86.9 Å². The van der Waals surface area contributed by atoms with E-state index < -0.39 is 0 Å². The molecule has 184 valence electrons. The van der Waals surface area contributed by atoms with Crippen molar-refractivity contribution in [2.24, 2.45) is 0 Å². The molecule has 0 saturated carbocycles. The van der Waals surface area contributed by atoms with Crippen LogP contribution in [0.5, 0.6) is 11.5 Å². The van der Waals surface area contributed by atoms with Crippen LogP contribution in [0.25, 0.3) is 0 Å². The highest BCUT2D eigenvalue weighted by Gasteiger charge is 2.25. The molecular formula is C26H37N5O3. The zero-order chi connectivity index (χ0) is 24.1. The molecule has 0 aromatic heterocycles. The minimum atomic E-state index is -0.105. The fourth-order valence-electron chi connectivity index (χ4n) is 4.86. The minimum absolute atomic E-state index is 0.0638. The van der Waals surface area contributed by atoms with Crippen molar-refractivity contribution in [1.29, 1.82) is 0 Å². The van der Waals surface area contributed by atoms with Crippen LogP contribution < -0.4 is 35.9 Å². The van der Waals surface area contributed by atoms with Crippen molar-refractivity contribution < 1.29 is 14.3 Å². The highest BCUT2D eigenvalue weighted by molar-refractivity contribution is 5.94. The predicted octanol–water partition coefficient (Wildman–Crippen LogP) is 2.45. The van der Waals surface area contributed by atoms with Gasteiger partial charge in [-0.25, -0.2) is 5.43 Å². The molecule has 0 bridgehead atoms. The number of nitrogens with one attached hydrogen (secondary N) is 4. The Bertz CT molecular complexity index is 935. The van der Waals surface area contributed by atoms with Crippen molar-refractivity contribution in [3.05, 3.63) is 53.6 Å². The second-order valence-corrected chi connectivity index (χ2v) is 9.43. The third-order valence-electron chi connectivity index (χ3n) is 6.53. The summed E-state index contributed by atoms with van der Waals surface area (Å²) in [6.07, 6.45) is 2.54. The van der Waals surface area contributed by atoms with Gasteiger partial charge in [0, 0.05) is 48.5 Å². The van der Waals surface area contributed by atoms with Gasteiger partial charge in [0.05, 0.1) is 20.4 Å². The van der Waals surface area contributed by atoms with Crippen LogP contribution >= 0.6 is 0 Å². The lowest BCUT2D eigenvalue weighted by atomic mass is 10.0. The number of hydrazine groups is 1. The lowest BCUT2D eigenvalue weighted by Crippen LogP contribution is -2.54. The summed E-state index contributed by atoms with van der Waals surface area (Å²) in [4.78, 5) is 15.2. The lowest BCUT2D eigenvalue weighted by Gasteiger charge is -2.37. The molecule has 2 aliphatic rings. The molecule has 2 saturated heterocycles. The van der Waals surface area contributed by atoms with Gasteiger partial charge in [-0.3, -0.25) is 10.2 Å². The summed E-state index contributed by atoms with van der Waals surface area (Å²) in [6.45, 7) is 6.34. The Morgan fingerprint density at radius 3 is 2.26 bits per heavy atom. The molecule has 0 aliphatic carbocycles.